The number of nitrogens with one attached hydrogen (secondary N) is 1. The van der Waals surface area contributed by atoms with Crippen molar-refractivity contribution in [2.75, 3.05) is 25.1 Å². The van der Waals surface area contributed by atoms with Crippen LogP contribution in [-0.4, -0.2) is 35.8 Å². The molecule has 0 spiro atoms. The van der Waals surface area contributed by atoms with E-state index >= 15 is 0 Å². The number of pyridine rings is 1. The molecule has 0 saturated carbocycles. The summed E-state index contributed by atoms with van der Waals surface area (Å²) in [6, 6.07) is 1.87. The number of aliphatic carboxylic acids is 1. The van der Waals surface area contributed by atoms with Crippen molar-refractivity contribution in [1.29, 1.82) is 0 Å². The molecule has 1 fully saturated rings. The van der Waals surface area contributed by atoms with E-state index in [1.807, 2.05) is 13.0 Å². The Balaban J connectivity index is 2.06. The van der Waals surface area contributed by atoms with Crippen LogP contribution < -0.4 is 5.32 Å². The zero-order valence-corrected chi connectivity index (χ0v) is 10.5. The number of carboxylic acid groups (broad SMARTS) is 1. The second-order valence-corrected chi connectivity index (χ2v) is 4.74. The Bertz CT molecular complexity index is 428. The van der Waals surface area contributed by atoms with Crippen molar-refractivity contribution >= 4 is 11.7 Å². The lowest BCUT2D eigenvalue weighted by Crippen LogP contribution is -2.42. The fraction of sp³-hybridized carbons (Fsp3) is 0.538. The highest BCUT2D eigenvalue weighted by Gasteiger charge is 2.40. The van der Waals surface area contributed by atoms with E-state index in [1.165, 1.54) is 0 Å². The van der Waals surface area contributed by atoms with Crippen LogP contribution in [0, 0.1) is 12.3 Å². The SMILES string of the molecule is Cc1cnccc1NCC1(C(=O)O)CCOCC1. The normalized spacial score (nSPS) is 18.3. The van der Waals surface area contributed by atoms with Gasteiger partial charge < -0.3 is 15.2 Å². The van der Waals surface area contributed by atoms with Crippen LogP contribution in [-0.2, 0) is 9.53 Å². The summed E-state index contributed by atoms with van der Waals surface area (Å²) in [4.78, 5) is 15.5. The highest BCUT2D eigenvalue weighted by Crippen LogP contribution is 2.31. The van der Waals surface area contributed by atoms with Crippen molar-refractivity contribution in [3.8, 4) is 0 Å². The first-order valence-electron chi connectivity index (χ1n) is 6.10. The summed E-state index contributed by atoms with van der Waals surface area (Å²) in [5.41, 5.74) is 1.25. The third-order valence-electron chi connectivity index (χ3n) is 3.54. The van der Waals surface area contributed by atoms with E-state index in [2.05, 4.69) is 10.3 Å². The fourth-order valence-electron chi connectivity index (χ4n) is 2.16. The van der Waals surface area contributed by atoms with Gasteiger partial charge in [0.05, 0.1) is 5.41 Å². The summed E-state index contributed by atoms with van der Waals surface area (Å²) in [5, 5.41) is 12.7. The molecule has 1 aromatic rings. The van der Waals surface area contributed by atoms with E-state index in [4.69, 9.17) is 4.74 Å². The van der Waals surface area contributed by atoms with Gasteiger partial charge in [-0.15, -0.1) is 0 Å². The molecule has 2 N–H and O–H groups in total. The van der Waals surface area contributed by atoms with Crippen molar-refractivity contribution in [1.82, 2.24) is 4.98 Å². The highest BCUT2D eigenvalue weighted by atomic mass is 16.5. The third kappa shape index (κ3) is 2.61. The van der Waals surface area contributed by atoms with Gasteiger partial charge in [-0.3, -0.25) is 9.78 Å². The number of hydrogen-bond acceptors (Lipinski definition) is 4. The van der Waals surface area contributed by atoms with Gasteiger partial charge in [0.25, 0.3) is 0 Å². The van der Waals surface area contributed by atoms with E-state index in [1.54, 1.807) is 12.4 Å². The maximum Gasteiger partial charge on any atom is 0.311 e. The zero-order valence-electron chi connectivity index (χ0n) is 10.5. The van der Waals surface area contributed by atoms with E-state index in [0.29, 0.717) is 32.6 Å². The van der Waals surface area contributed by atoms with Gasteiger partial charge in [0.1, 0.15) is 0 Å². The molecule has 0 radical (unpaired) electrons. The molecule has 0 atom stereocenters. The van der Waals surface area contributed by atoms with Crippen LogP contribution in [0.15, 0.2) is 18.5 Å². The molecule has 5 heteroatoms. The predicted molar refractivity (Wildman–Crippen MR) is 67.6 cm³/mol. The number of aryl methyl sites for hydroxylation is 1. The Morgan fingerprint density at radius 1 is 1.56 bits per heavy atom. The summed E-state index contributed by atoms with van der Waals surface area (Å²) in [7, 11) is 0. The van der Waals surface area contributed by atoms with Crippen LogP contribution in [0.3, 0.4) is 0 Å². The van der Waals surface area contributed by atoms with E-state index in [-0.39, 0.29) is 0 Å². The molecule has 1 aliphatic rings. The van der Waals surface area contributed by atoms with Crippen molar-refractivity contribution in [3.63, 3.8) is 0 Å². The Morgan fingerprint density at radius 2 is 2.28 bits per heavy atom. The molecule has 0 amide bonds. The minimum absolute atomic E-state index is 0.427. The van der Waals surface area contributed by atoms with Gasteiger partial charge in [-0.2, -0.15) is 0 Å². The van der Waals surface area contributed by atoms with Gasteiger partial charge in [0.2, 0.25) is 0 Å². The standard InChI is InChI=1S/C13H18N2O3/c1-10-8-14-5-2-11(10)15-9-13(12(16)17)3-6-18-7-4-13/h2,5,8H,3-4,6-7,9H2,1H3,(H,14,15)(H,16,17). The van der Waals surface area contributed by atoms with Gasteiger partial charge in [-0.05, 0) is 31.4 Å². The Labute approximate surface area is 106 Å². The van der Waals surface area contributed by atoms with Crippen LogP contribution >= 0.6 is 0 Å². The summed E-state index contributed by atoms with van der Waals surface area (Å²) >= 11 is 0. The van der Waals surface area contributed by atoms with Crippen LogP contribution in [0.25, 0.3) is 0 Å². The smallest absolute Gasteiger partial charge is 0.311 e. The Kier molecular flexibility index (Phi) is 3.81. The maximum absolute atomic E-state index is 11.5. The van der Waals surface area contributed by atoms with Crippen molar-refractivity contribution < 1.29 is 14.6 Å². The first kappa shape index (κ1) is 12.8. The van der Waals surface area contributed by atoms with E-state index in [0.717, 1.165) is 11.3 Å². The molecule has 0 aliphatic carbocycles. The van der Waals surface area contributed by atoms with Crippen molar-refractivity contribution in [3.05, 3.63) is 24.0 Å². The second-order valence-electron chi connectivity index (χ2n) is 4.74. The van der Waals surface area contributed by atoms with Gasteiger partial charge in [-0.1, -0.05) is 0 Å². The molecule has 0 bridgehead atoms. The molecule has 0 unspecified atom stereocenters. The number of nitrogens with zero attached hydrogens (tertiary/aromatic N) is 1. The molecule has 98 valence electrons. The number of rotatable bonds is 4. The molecule has 2 rings (SSSR count). The van der Waals surface area contributed by atoms with Crippen molar-refractivity contribution in [2.45, 2.75) is 19.8 Å². The second kappa shape index (κ2) is 5.35. The summed E-state index contributed by atoms with van der Waals surface area (Å²) in [6.07, 6.45) is 4.57. The van der Waals surface area contributed by atoms with Crippen molar-refractivity contribution in [2.24, 2.45) is 5.41 Å². The molecule has 1 aliphatic heterocycles. The first-order valence-corrected chi connectivity index (χ1v) is 6.10. The minimum atomic E-state index is -0.745. The van der Waals surface area contributed by atoms with Gasteiger partial charge in [0.15, 0.2) is 0 Å². The number of aromatic nitrogens is 1. The lowest BCUT2D eigenvalue weighted by Gasteiger charge is -2.33. The zero-order chi connectivity index (χ0) is 13.0. The average molecular weight is 250 g/mol. The van der Waals surface area contributed by atoms with Gasteiger partial charge in [-0.25, -0.2) is 0 Å². The highest BCUT2D eigenvalue weighted by molar-refractivity contribution is 5.75. The Hall–Kier alpha value is -1.62. The summed E-state index contributed by atoms with van der Waals surface area (Å²) in [5.74, 6) is -0.745. The molecule has 18 heavy (non-hydrogen) atoms. The molecule has 1 aromatic heterocycles. The molecular formula is C13H18N2O3. The van der Waals surface area contributed by atoms with E-state index in [9.17, 15) is 9.90 Å². The molecular weight excluding hydrogens is 232 g/mol. The average Bonchev–Trinajstić information content (AvgIpc) is 2.39. The lowest BCUT2D eigenvalue weighted by atomic mass is 9.80. The number of carbonyl (C=O) groups is 1. The fourth-order valence-corrected chi connectivity index (χ4v) is 2.16. The van der Waals surface area contributed by atoms with Crippen LogP contribution in [0.5, 0.6) is 0 Å². The summed E-state index contributed by atoms with van der Waals surface area (Å²) < 4.78 is 5.25. The third-order valence-corrected chi connectivity index (χ3v) is 3.54. The predicted octanol–water partition coefficient (Wildman–Crippen LogP) is 1.68. The molecule has 2 heterocycles. The number of hydrogen-bond donors (Lipinski definition) is 2. The van der Waals surface area contributed by atoms with Crippen LogP contribution in [0.2, 0.25) is 0 Å². The number of carboxylic acids is 1. The largest absolute Gasteiger partial charge is 0.481 e. The van der Waals surface area contributed by atoms with Crippen LogP contribution in [0.1, 0.15) is 18.4 Å². The maximum atomic E-state index is 11.5. The molecule has 0 aromatic carbocycles. The summed E-state index contributed by atoms with van der Waals surface area (Å²) in [6.45, 7) is 3.41. The Morgan fingerprint density at radius 3 is 2.89 bits per heavy atom. The number of anilines is 1. The first-order chi connectivity index (χ1) is 8.64. The van der Waals surface area contributed by atoms with Gasteiger partial charge >= 0.3 is 5.97 Å². The topological polar surface area (TPSA) is 71.5 Å². The van der Waals surface area contributed by atoms with Crippen LogP contribution in [0.4, 0.5) is 5.69 Å². The molecule has 1 saturated heterocycles. The van der Waals surface area contributed by atoms with E-state index < -0.39 is 11.4 Å². The lowest BCUT2D eigenvalue weighted by molar-refractivity contribution is -0.153. The molecule has 5 nitrogen and oxygen atoms in total. The number of ether oxygens (including phenoxy) is 1. The quantitative estimate of drug-likeness (QED) is 0.850. The monoisotopic (exact) mass is 250 g/mol. The minimum Gasteiger partial charge on any atom is -0.481 e. The van der Waals surface area contributed by atoms with Gasteiger partial charge in [0, 0.05) is 37.8 Å².